The van der Waals surface area contributed by atoms with Crippen molar-refractivity contribution < 1.29 is 29.0 Å². The second-order valence-electron chi connectivity index (χ2n) is 8.31. The molecule has 0 aromatic heterocycles. The van der Waals surface area contributed by atoms with E-state index in [1.807, 2.05) is 60.7 Å². The lowest BCUT2D eigenvalue weighted by molar-refractivity contribution is -0.158. The summed E-state index contributed by atoms with van der Waals surface area (Å²) in [6.45, 7) is 3.89. The summed E-state index contributed by atoms with van der Waals surface area (Å²) in [4.78, 5) is 39.5. The summed E-state index contributed by atoms with van der Waals surface area (Å²) < 4.78 is 11.0. The van der Waals surface area contributed by atoms with Gasteiger partial charge in [0.25, 0.3) is 0 Å². The third kappa shape index (κ3) is 6.27. The number of ether oxygens (including phenoxy) is 2. The Morgan fingerprint density at radius 2 is 1.64 bits per heavy atom. The minimum absolute atomic E-state index is 0.0551. The quantitative estimate of drug-likeness (QED) is 0.526. The Hall–Kier alpha value is -3.03. The summed E-state index contributed by atoms with van der Waals surface area (Å²) in [6.07, 6.45) is -1.59. The lowest BCUT2D eigenvalue weighted by atomic mass is 9.82. The monoisotopic (exact) mass is 453 g/mol. The fraction of sp³-hybridized carbons (Fsp3) is 0.423. The molecule has 2 aromatic rings. The van der Waals surface area contributed by atoms with E-state index in [2.05, 4.69) is 0 Å². The van der Waals surface area contributed by atoms with E-state index in [-0.39, 0.29) is 31.3 Å². The standard InChI is InChI=1S/C26H31NO6/c1-3-33-26(31)24(29)23-21(14-18(2)28)25(30)27(15-19-10-6-4-7-11-19)22(23)17-32-16-20-12-8-5-9-13-20/h4-13,21-24,29H,3,14-17H2,1-2H3/t21-,22-,23+,24-/m0/s1. The number of nitrogens with zero attached hydrogens (tertiary/aromatic N) is 1. The molecule has 0 unspecified atom stereocenters. The molecule has 0 saturated carbocycles. The molecular formula is C26H31NO6. The molecule has 4 atom stereocenters. The first kappa shape index (κ1) is 24.6. The van der Waals surface area contributed by atoms with Crippen molar-refractivity contribution in [2.75, 3.05) is 13.2 Å². The second kappa shape index (κ2) is 11.7. The van der Waals surface area contributed by atoms with Crippen molar-refractivity contribution in [1.82, 2.24) is 4.90 Å². The molecular weight excluding hydrogens is 422 g/mol. The average molecular weight is 454 g/mol. The zero-order valence-corrected chi connectivity index (χ0v) is 19.1. The molecule has 176 valence electrons. The number of hydrogen-bond acceptors (Lipinski definition) is 6. The van der Waals surface area contributed by atoms with E-state index in [0.29, 0.717) is 13.2 Å². The minimum Gasteiger partial charge on any atom is -0.464 e. The van der Waals surface area contributed by atoms with Gasteiger partial charge in [0, 0.05) is 18.9 Å². The van der Waals surface area contributed by atoms with Crippen LogP contribution in [0.2, 0.25) is 0 Å². The molecule has 2 aromatic carbocycles. The van der Waals surface area contributed by atoms with E-state index >= 15 is 0 Å². The average Bonchev–Trinajstić information content (AvgIpc) is 3.05. The second-order valence-corrected chi connectivity index (χ2v) is 8.31. The summed E-state index contributed by atoms with van der Waals surface area (Å²) in [5.74, 6) is -2.88. The molecule has 1 fully saturated rings. The summed E-state index contributed by atoms with van der Waals surface area (Å²) in [7, 11) is 0. The van der Waals surface area contributed by atoms with Crippen LogP contribution in [-0.2, 0) is 37.0 Å². The number of Topliss-reactive ketones (excluding diaryl/α,β-unsaturated/α-hetero) is 1. The molecule has 1 N–H and O–H groups in total. The van der Waals surface area contributed by atoms with Gasteiger partial charge in [0.15, 0.2) is 6.10 Å². The van der Waals surface area contributed by atoms with Crippen LogP contribution in [0, 0.1) is 11.8 Å². The largest absolute Gasteiger partial charge is 0.464 e. The van der Waals surface area contributed by atoms with E-state index in [9.17, 15) is 19.5 Å². The van der Waals surface area contributed by atoms with Crippen LogP contribution in [0.25, 0.3) is 0 Å². The number of carbonyl (C=O) groups is 3. The SMILES string of the molecule is CCOC(=O)[C@@H](O)[C@@H]1[C@H](CC(C)=O)C(=O)N(Cc2ccccc2)[C@H]1COCc1ccccc1. The molecule has 0 spiro atoms. The lowest BCUT2D eigenvalue weighted by Crippen LogP contribution is -2.44. The van der Waals surface area contributed by atoms with Crippen molar-refractivity contribution in [3.8, 4) is 0 Å². The smallest absolute Gasteiger partial charge is 0.335 e. The van der Waals surface area contributed by atoms with Crippen LogP contribution in [0.5, 0.6) is 0 Å². The molecule has 0 radical (unpaired) electrons. The molecule has 0 aliphatic carbocycles. The van der Waals surface area contributed by atoms with Gasteiger partial charge in [0.2, 0.25) is 5.91 Å². The van der Waals surface area contributed by atoms with Gasteiger partial charge in [-0.25, -0.2) is 4.79 Å². The van der Waals surface area contributed by atoms with Gasteiger partial charge in [0.05, 0.1) is 31.8 Å². The first-order valence-corrected chi connectivity index (χ1v) is 11.2. The number of aliphatic hydroxyl groups is 1. The van der Waals surface area contributed by atoms with Crippen molar-refractivity contribution >= 4 is 17.7 Å². The van der Waals surface area contributed by atoms with Crippen LogP contribution >= 0.6 is 0 Å². The normalized spacial score (nSPS) is 21.1. The maximum absolute atomic E-state index is 13.4. The van der Waals surface area contributed by atoms with E-state index in [0.717, 1.165) is 11.1 Å². The van der Waals surface area contributed by atoms with Crippen molar-refractivity contribution in [2.45, 2.75) is 45.6 Å². The van der Waals surface area contributed by atoms with Crippen molar-refractivity contribution in [3.63, 3.8) is 0 Å². The van der Waals surface area contributed by atoms with Gasteiger partial charge < -0.3 is 24.3 Å². The Bertz CT molecular complexity index is 932. The highest BCUT2D eigenvalue weighted by Crippen LogP contribution is 2.38. The van der Waals surface area contributed by atoms with E-state index in [1.165, 1.54) is 6.92 Å². The molecule has 1 aliphatic heterocycles. The predicted molar refractivity (Wildman–Crippen MR) is 122 cm³/mol. The number of rotatable bonds is 11. The summed E-state index contributed by atoms with van der Waals surface area (Å²) in [6, 6.07) is 18.5. The predicted octanol–water partition coefficient (Wildman–Crippen LogP) is 2.75. The first-order valence-electron chi connectivity index (χ1n) is 11.2. The fourth-order valence-corrected chi connectivity index (χ4v) is 4.41. The van der Waals surface area contributed by atoms with Crippen LogP contribution < -0.4 is 0 Å². The number of likely N-dealkylation sites (tertiary alicyclic amines) is 1. The minimum atomic E-state index is -1.54. The van der Waals surface area contributed by atoms with Gasteiger partial charge in [0.1, 0.15) is 5.78 Å². The number of carbonyl (C=O) groups excluding carboxylic acids is 3. The Morgan fingerprint density at radius 1 is 1.03 bits per heavy atom. The van der Waals surface area contributed by atoms with Gasteiger partial charge in [-0.05, 0) is 25.0 Å². The molecule has 33 heavy (non-hydrogen) atoms. The maximum Gasteiger partial charge on any atom is 0.335 e. The zero-order chi connectivity index (χ0) is 23.8. The number of amides is 1. The summed E-state index contributed by atoms with van der Waals surface area (Å²) in [5.41, 5.74) is 1.88. The van der Waals surface area contributed by atoms with Gasteiger partial charge in [-0.1, -0.05) is 60.7 Å². The summed E-state index contributed by atoms with van der Waals surface area (Å²) in [5, 5.41) is 10.9. The highest BCUT2D eigenvalue weighted by molar-refractivity contribution is 5.89. The highest BCUT2D eigenvalue weighted by Gasteiger charge is 2.53. The number of aliphatic hydroxyl groups excluding tert-OH is 1. The van der Waals surface area contributed by atoms with Gasteiger partial charge >= 0.3 is 5.97 Å². The van der Waals surface area contributed by atoms with Crippen molar-refractivity contribution in [1.29, 1.82) is 0 Å². The molecule has 3 rings (SSSR count). The molecule has 7 nitrogen and oxygen atoms in total. The van der Waals surface area contributed by atoms with Gasteiger partial charge in [-0.3, -0.25) is 4.79 Å². The zero-order valence-electron chi connectivity index (χ0n) is 19.1. The molecule has 1 aliphatic rings. The Labute approximate surface area is 194 Å². The van der Waals surface area contributed by atoms with Crippen molar-refractivity contribution in [2.24, 2.45) is 11.8 Å². The van der Waals surface area contributed by atoms with Crippen LogP contribution in [0.15, 0.2) is 60.7 Å². The highest BCUT2D eigenvalue weighted by atomic mass is 16.5. The Balaban J connectivity index is 1.89. The van der Waals surface area contributed by atoms with E-state index in [4.69, 9.17) is 9.47 Å². The van der Waals surface area contributed by atoms with Crippen LogP contribution in [0.3, 0.4) is 0 Å². The Kier molecular flexibility index (Phi) is 8.74. The third-order valence-electron chi connectivity index (χ3n) is 5.91. The third-order valence-corrected chi connectivity index (χ3v) is 5.91. The van der Waals surface area contributed by atoms with Crippen LogP contribution in [0.4, 0.5) is 0 Å². The number of benzene rings is 2. The fourth-order valence-electron chi connectivity index (χ4n) is 4.41. The number of esters is 1. The maximum atomic E-state index is 13.4. The van der Waals surface area contributed by atoms with Crippen molar-refractivity contribution in [3.05, 3.63) is 71.8 Å². The lowest BCUT2D eigenvalue weighted by Gasteiger charge is -2.30. The molecule has 1 saturated heterocycles. The number of hydrogen-bond donors (Lipinski definition) is 1. The molecule has 1 heterocycles. The topological polar surface area (TPSA) is 93.1 Å². The van der Waals surface area contributed by atoms with E-state index in [1.54, 1.807) is 11.8 Å². The van der Waals surface area contributed by atoms with Gasteiger partial charge in [-0.15, -0.1) is 0 Å². The first-order chi connectivity index (χ1) is 15.9. The van der Waals surface area contributed by atoms with Crippen LogP contribution in [0.1, 0.15) is 31.4 Å². The summed E-state index contributed by atoms with van der Waals surface area (Å²) >= 11 is 0. The molecule has 7 heteroatoms. The molecule has 1 amide bonds. The van der Waals surface area contributed by atoms with Gasteiger partial charge in [-0.2, -0.15) is 0 Å². The number of ketones is 1. The van der Waals surface area contributed by atoms with Crippen LogP contribution in [-0.4, -0.2) is 53.0 Å². The Morgan fingerprint density at radius 3 is 2.21 bits per heavy atom. The van der Waals surface area contributed by atoms with E-state index < -0.39 is 30.0 Å². The molecule has 0 bridgehead atoms.